The summed E-state index contributed by atoms with van der Waals surface area (Å²) in [4.78, 5) is 46.5. The molecule has 0 unspecified atom stereocenters. The molecular weight excluding hydrogens is 532 g/mol. The first-order valence-electron chi connectivity index (χ1n) is 14.0. The van der Waals surface area contributed by atoms with Crippen LogP contribution >= 0.6 is 11.6 Å². The van der Waals surface area contributed by atoms with Crippen LogP contribution < -0.4 is 10.5 Å². The second-order valence-electron chi connectivity index (χ2n) is 10.3. The summed E-state index contributed by atoms with van der Waals surface area (Å²) in [6.45, 7) is 0.405. The summed E-state index contributed by atoms with van der Waals surface area (Å²) in [6, 6.07) is 12.2. The Balaban J connectivity index is 1.32. The maximum absolute atomic E-state index is 13.2. The van der Waals surface area contributed by atoms with Gasteiger partial charge >= 0.3 is 5.97 Å². The Kier molecular flexibility index (Phi) is 10.5. The fourth-order valence-electron chi connectivity index (χ4n) is 5.40. The molecule has 0 saturated heterocycles. The van der Waals surface area contributed by atoms with Crippen molar-refractivity contribution >= 4 is 40.9 Å². The summed E-state index contributed by atoms with van der Waals surface area (Å²) < 4.78 is 5.38. The van der Waals surface area contributed by atoms with Gasteiger partial charge in [0.05, 0.1) is 17.3 Å². The van der Waals surface area contributed by atoms with Gasteiger partial charge in [-0.1, -0.05) is 55.1 Å². The molecule has 40 heavy (non-hydrogen) atoms. The number of ketones is 1. The summed E-state index contributed by atoms with van der Waals surface area (Å²) in [5, 5.41) is 9.78. The van der Waals surface area contributed by atoms with Gasteiger partial charge < -0.3 is 25.4 Å². The van der Waals surface area contributed by atoms with E-state index in [0.29, 0.717) is 54.1 Å². The monoisotopic (exact) mass is 568 g/mol. The quantitative estimate of drug-likeness (QED) is 0.166. The second-order valence-corrected chi connectivity index (χ2v) is 10.7. The summed E-state index contributed by atoms with van der Waals surface area (Å²) in [7, 11) is 0. The largest absolute Gasteiger partial charge is 0.424 e. The number of carbonyl (C=O) groups excluding carboxylic acids is 3. The average molecular weight is 569 g/mol. The Morgan fingerprint density at radius 2 is 1.80 bits per heavy atom. The van der Waals surface area contributed by atoms with Gasteiger partial charge in [0.15, 0.2) is 11.7 Å². The maximum Gasteiger partial charge on any atom is 0.331 e. The van der Waals surface area contributed by atoms with Gasteiger partial charge in [0.1, 0.15) is 12.3 Å². The van der Waals surface area contributed by atoms with Gasteiger partial charge in [0, 0.05) is 43.1 Å². The third kappa shape index (κ3) is 7.61. The van der Waals surface area contributed by atoms with Gasteiger partial charge in [-0.15, -0.1) is 0 Å². The van der Waals surface area contributed by atoms with E-state index >= 15 is 0 Å². The maximum atomic E-state index is 13.2. The van der Waals surface area contributed by atoms with Gasteiger partial charge in [0.2, 0.25) is 5.91 Å². The number of carbonyl (C=O) groups is 3. The van der Waals surface area contributed by atoms with Crippen LogP contribution in [0.5, 0.6) is 5.75 Å². The molecular formula is C30H37ClN4O5. The van der Waals surface area contributed by atoms with Crippen molar-refractivity contribution in [1.29, 1.82) is 0 Å². The fourth-order valence-corrected chi connectivity index (χ4v) is 5.57. The number of amides is 1. The number of unbranched alkanes of at least 4 members (excludes halogenated alkanes) is 1. The lowest BCUT2D eigenvalue weighted by Crippen LogP contribution is -2.43. The van der Waals surface area contributed by atoms with Crippen LogP contribution in [-0.2, 0) is 16.1 Å². The number of benzene rings is 2. The Bertz CT molecular complexity index is 1240. The number of esters is 1. The molecule has 1 saturated carbocycles. The summed E-state index contributed by atoms with van der Waals surface area (Å²) in [5.74, 6) is -0.119. The molecule has 0 aromatic heterocycles. The zero-order valence-electron chi connectivity index (χ0n) is 22.7. The van der Waals surface area contributed by atoms with Crippen LogP contribution in [0, 0.1) is 0 Å². The molecule has 3 N–H and O–H groups in total. The predicted octanol–water partition coefficient (Wildman–Crippen LogP) is 4.60. The van der Waals surface area contributed by atoms with Crippen LogP contribution in [0.3, 0.4) is 0 Å². The number of aliphatic imine (C=N–C) groups is 1. The van der Waals surface area contributed by atoms with Crippen molar-refractivity contribution in [2.45, 2.75) is 70.4 Å². The standard InChI is InChI=1S/C30H37ClN4O5/c31-24-12-4-6-15-27(24)40-29(39)20-34-19-23-22(11-8-13-25(23)33-30(34)32)26(37)14-5-7-16-28(38)35(17-18-36)21-9-2-1-3-10-21/h4,6,8,11-13,15,21,36H,1-3,5,7,9-10,14,16-20H2,(H2,32,33). The SMILES string of the molecule is NC1=Nc2cccc(C(=O)CCCCC(=O)N(CCO)C3CCCCC3)c2CN1CC(=O)Oc1ccccc1Cl. The Labute approximate surface area is 239 Å². The molecule has 1 heterocycles. The molecule has 10 heteroatoms. The third-order valence-corrected chi connectivity index (χ3v) is 7.77. The van der Waals surface area contributed by atoms with Gasteiger partial charge in [-0.2, -0.15) is 0 Å². The lowest BCUT2D eigenvalue weighted by Gasteiger charge is -2.34. The molecule has 2 aromatic carbocycles. The highest BCUT2D eigenvalue weighted by Gasteiger charge is 2.26. The topological polar surface area (TPSA) is 126 Å². The number of hydrogen-bond donors (Lipinski definition) is 2. The van der Waals surface area contributed by atoms with Crippen molar-refractivity contribution in [2.75, 3.05) is 19.7 Å². The Morgan fingerprint density at radius 3 is 2.55 bits per heavy atom. The van der Waals surface area contributed by atoms with E-state index in [2.05, 4.69) is 4.99 Å². The highest BCUT2D eigenvalue weighted by atomic mass is 35.5. The number of aliphatic hydroxyl groups is 1. The summed E-state index contributed by atoms with van der Waals surface area (Å²) in [6.07, 6.45) is 7.24. The number of hydrogen-bond acceptors (Lipinski definition) is 8. The Morgan fingerprint density at radius 1 is 1.05 bits per heavy atom. The van der Waals surface area contributed by atoms with E-state index < -0.39 is 5.97 Å². The summed E-state index contributed by atoms with van der Waals surface area (Å²) >= 11 is 6.09. The average Bonchev–Trinajstić information content (AvgIpc) is 2.95. The van der Waals surface area contributed by atoms with Crippen molar-refractivity contribution in [3.8, 4) is 5.75 Å². The van der Waals surface area contributed by atoms with E-state index in [1.807, 2.05) is 4.90 Å². The second kappa shape index (κ2) is 14.3. The minimum Gasteiger partial charge on any atom is -0.424 e. The first-order chi connectivity index (χ1) is 19.4. The predicted molar refractivity (Wildman–Crippen MR) is 154 cm³/mol. The number of para-hydroxylation sites is 1. The number of fused-ring (bicyclic) bond motifs is 1. The number of ether oxygens (including phenoxy) is 1. The molecule has 4 rings (SSSR count). The first-order valence-corrected chi connectivity index (χ1v) is 14.3. The molecule has 9 nitrogen and oxygen atoms in total. The zero-order chi connectivity index (χ0) is 28.5. The van der Waals surface area contributed by atoms with E-state index in [9.17, 15) is 19.5 Å². The fraction of sp³-hybridized carbons (Fsp3) is 0.467. The number of nitrogens with two attached hydrogens (primary N) is 1. The van der Waals surface area contributed by atoms with Gasteiger partial charge in [0.25, 0.3) is 0 Å². The van der Waals surface area contributed by atoms with Crippen molar-refractivity contribution in [3.05, 3.63) is 58.6 Å². The number of rotatable bonds is 12. The minimum atomic E-state index is -0.549. The van der Waals surface area contributed by atoms with Gasteiger partial charge in [-0.3, -0.25) is 9.59 Å². The van der Waals surface area contributed by atoms with E-state index in [0.717, 1.165) is 25.7 Å². The zero-order valence-corrected chi connectivity index (χ0v) is 23.4. The number of aliphatic hydroxyl groups excluding tert-OH is 1. The highest BCUT2D eigenvalue weighted by Crippen LogP contribution is 2.30. The number of halogens is 1. The number of nitrogens with zero attached hydrogens (tertiary/aromatic N) is 3. The van der Waals surface area contributed by atoms with E-state index in [1.165, 1.54) is 6.42 Å². The lowest BCUT2D eigenvalue weighted by atomic mass is 9.93. The molecule has 2 aliphatic rings. The third-order valence-electron chi connectivity index (χ3n) is 7.46. The lowest BCUT2D eigenvalue weighted by molar-refractivity contribution is -0.135. The van der Waals surface area contributed by atoms with Crippen LogP contribution in [-0.4, -0.2) is 64.3 Å². The van der Waals surface area contributed by atoms with Crippen LogP contribution in [0.4, 0.5) is 5.69 Å². The van der Waals surface area contributed by atoms with Crippen LogP contribution in [0.1, 0.15) is 73.7 Å². The molecule has 0 radical (unpaired) electrons. The Hall–Kier alpha value is -3.43. The van der Waals surface area contributed by atoms with Crippen molar-refractivity contribution in [2.24, 2.45) is 10.7 Å². The molecule has 0 spiro atoms. The number of Topliss-reactive ketones (excluding diaryl/α,β-unsaturated/α-hetero) is 1. The first kappa shape index (κ1) is 29.6. The van der Waals surface area contributed by atoms with E-state index in [1.54, 1.807) is 47.4 Å². The molecule has 0 atom stereocenters. The molecule has 0 bridgehead atoms. The molecule has 1 fully saturated rings. The van der Waals surface area contributed by atoms with Crippen molar-refractivity contribution in [1.82, 2.24) is 9.80 Å². The van der Waals surface area contributed by atoms with E-state index in [4.69, 9.17) is 22.1 Å². The normalized spacial score (nSPS) is 15.2. The van der Waals surface area contributed by atoms with Gasteiger partial charge in [-0.05, 0) is 43.9 Å². The van der Waals surface area contributed by atoms with Crippen LogP contribution in [0.15, 0.2) is 47.5 Å². The van der Waals surface area contributed by atoms with Crippen molar-refractivity contribution in [3.63, 3.8) is 0 Å². The number of guanidine groups is 1. The smallest absolute Gasteiger partial charge is 0.331 e. The van der Waals surface area contributed by atoms with Gasteiger partial charge in [-0.25, -0.2) is 9.79 Å². The summed E-state index contributed by atoms with van der Waals surface area (Å²) in [5.41, 5.74) is 7.96. The van der Waals surface area contributed by atoms with Crippen LogP contribution in [0.25, 0.3) is 0 Å². The van der Waals surface area contributed by atoms with Crippen LogP contribution in [0.2, 0.25) is 5.02 Å². The molecule has 1 aliphatic heterocycles. The van der Waals surface area contributed by atoms with Crippen molar-refractivity contribution < 1.29 is 24.2 Å². The molecule has 2 aromatic rings. The minimum absolute atomic E-state index is 0.0401. The van der Waals surface area contributed by atoms with E-state index in [-0.39, 0.29) is 49.1 Å². The molecule has 1 amide bonds. The highest BCUT2D eigenvalue weighted by molar-refractivity contribution is 6.32. The molecule has 1 aliphatic carbocycles. The molecule has 214 valence electrons.